The van der Waals surface area contributed by atoms with Crippen molar-refractivity contribution in [2.75, 3.05) is 26.6 Å². The summed E-state index contributed by atoms with van der Waals surface area (Å²) in [7, 11) is 4.75. The summed E-state index contributed by atoms with van der Waals surface area (Å²) in [6, 6.07) is 13.6. The number of methoxy groups -OCH3 is 2. The molecule has 0 bridgehead atoms. The lowest BCUT2D eigenvalue weighted by Crippen LogP contribution is -2.24. The number of hydrogen-bond acceptors (Lipinski definition) is 7. The molecule has 0 saturated carbocycles. The molecule has 0 aliphatic carbocycles. The first-order valence-corrected chi connectivity index (χ1v) is 12.2. The first-order valence-electron chi connectivity index (χ1n) is 11.3. The molecule has 1 amide bonds. The number of ether oxygens (including phenoxy) is 2. The Morgan fingerprint density at radius 3 is 2.61 bits per heavy atom. The van der Waals surface area contributed by atoms with E-state index in [-0.39, 0.29) is 6.04 Å². The van der Waals surface area contributed by atoms with Crippen LogP contribution in [0.25, 0.3) is 28.1 Å². The molecule has 8 nitrogen and oxygen atoms in total. The third-order valence-electron chi connectivity index (χ3n) is 5.86. The van der Waals surface area contributed by atoms with Crippen molar-refractivity contribution in [2.45, 2.75) is 19.5 Å². The standard InChI is InChI=1S/C27H28N4O4S/c1-6-25-29-21-13-23(35-5)22(34-4)12-20(21)26(30-25)28-16(2)24-11-18(15-36-24)19-10-8-7-9-17(19)14-31(3)27(32)33/h6-13,15-16H,1,14H2,2-5H3,(H,32,33)(H,28,29,30). The van der Waals surface area contributed by atoms with Crippen LogP contribution in [0, 0.1) is 0 Å². The molecule has 2 aromatic heterocycles. The Bertz CT molecular complexity index is 1420. The molecule has 2 aromatic carbocycles. The largest absolute Gasteiger partial charge is 0.493 e. The van der Waals surface area contributed by atoms with Gasteiger partial charge in [0.1, 0.15) is 5.82 Å². The van der Waals surface area contributed by atoms with Crippen molar-refractivity contribution in [3.8, 4) is 22.6 Å². The molecule has 0 saturated heterocycles. The minimum Gasteiger partial charge on any atom is -0.493 e. The first kappa shape index (κ1) is 25.0. The van der Waals surface area contributed by atoms with E-state index in [9.17, 15) is 9.90 Å². The van der Waals surface area contributed by atoms with Crippen molar-refractivity contribution < 1.29 is 19.4 Å². The maximum atomic E-state index is 11.3. The molecule has 9 heteroatoms. The third-order valence-corrected chi connectivity index (χ3v) is 6.98. The molecule has 2 heterocycles. The molecule has 0 aliphatic rings. The van der Waals surface area contributed by atoms with Crippen LogP contribution in [0.4, 0.5) is 10.6 Å². The molecular weight excluding hydrogens is 476 g/mol. The molecule has 0 spiro atoms. The molecule has 4 aromatic rings. The second-order valence-corrected chi connectivity index (χ2v) is 9.20. The number of nitrogens with zero attached hydrogens (tertiary/aromatic N) is 3. The summed E-state index contributed by atoms with van der Waals surface area (Å²) in [4.78, 5) is 22.9. The van der Waals surface area contributed by atoms with Gasteiger partial charge in [-0.25, -0.2) is 14.8 Å². The van der Waals surface area contributed by atoms with Crippen LogP contribution >= 0.6 is 11.3 Å². The highest BCUT2D eigenvalue weighted by atomic mass is 32.1. The van der Waals surface area contributed by atoms with Gasteiger partial charge in [0.2, 0.25) is 0 Å². The van der Waals surface area contributed by atoms with Gasteiger partial charge in [0.25, 0.3) is 0 Å². The Hall–Kier alpha value is -4.11. The molecule has 0 fully saturated rings. The number of carbonyl (C=O) groups is 1. The van der Waals surface area contributed by atoms with Crippen LogP contribution in [0.2, 0.25) is 0 Å². The SMILES string of the molecule is C=Cc1nc(NC(C)c2cc(-c3ccccc3CN(C)C(=O)O)cs2)c2cc(OC)c(OC)cc2n1. The van der Waals surface area contributed by atoms with Gasteiger partial charge in [-0.1, -0.05) is 30.8 Å². The van der Waals surface area contributed by atoms with E-state index in [0.29, 0.717) is 29.7 Å². The Morgan fingerprint density at radius 2 is 1.92 bits per heavy atom. The van der Waals surface area contributed by atoms with E-state index < -0.39 is 6.09 Å². The lowest BCUT2D eigenvalue weighted by atomic mass is 10.0. The van der Waals surface area contributed by atoms with Gasteiger partial charge in [0.15, 0.2) is 17.3 Å². The maximum Gasteiger partial charge on any atom is 0.407 e. The van der Waals surface area contributed by atoms with Crippen LogP contribution in [0.5, 0.6) is 11.5 Å². The summed E-state index contributed by atoms with van der Waals surface area (Å²) in [6.45, 7) is 6.21. The Morgan fingerprint density at radius 1 is 1.19 bits per heavy atom. The van der Waals surface area contributed by atoms with E-state index in [0.717, 1.165) is 32.5 Å². The highest BCUT2D eigenvalue weighted by Crippen LogP contribution is 2.37. The number of nitrogens with one attached hydrogen (secondary N) is 1. The Balaban J connectivity index is 1.66. The van der Waals surface area contributed by atoms with Crippen LogP contribution in [0.1, 0.15) is 29.2 Å². The van der Waals surface area contributed by atoms with Crippen LogP contribution in [0.15, 0.2) is 54.4 Å². The zero-order chi connectivity index (χ0) is 25.8. The van der Waals surface area contributed by atoms with E-state index in [1.54, 1.807) is 38.7 Å². The van der Waals surface area contributed by atoms with Crippen LogP contribution in [-0.4, -0.2) is 47.3 Å². The second kappa shape index (κ2) is 10.7. The van der Waals surface area contributed by atoms with Crippen LogP contribution in [0.3, 0.4) is 0 Å². The van der Waals surface area contributed by atoms with Gasteiger partial charge in [-0.15, -0.1) is 11.3 Å². The van der Waals surface area contributed by atoms with Gasteiger partial charge in [0, 0.05) is 29.9 Å². The summed E-state index contributed by atoms with van der Waals surface area (Å²) < 4.78 is 10.9. The fourth-order valence-electron chi connectivity index (χ4n) is 3.94. The number of hydrogen-bond donors (Lipinski definition) is 2. The molecular formula is C27H28N4O4S. The number of fused-ring (bicyclic) bond motifs is 1. The van der Waals surface area contributed by atoms with Crippen molar-refractivity contribution in [2.24, 2.45) is 0 Å². The van der Waals surface area contributed by atoms with Crippen molar-refractivity contribution in [1.29, 1.82) is 0 Å². The Labute approximate surface area is 213 Å². The summed E-state index contributed by atoms with van der Waals surface area (Å²) in [5.41, 5.74) is 3.73. The third kappa shape index (κ3) is 5.11. The zero-order valence-corrected chi connectivity index (χ0v) is 21.4. The van der Waals surface area contributed by atoms with Gasteiger partial charge in [-0.3, -0.25) is 0 Å². The van der Waals surface area contributed by atoms with Gasteiger partial charge < -0.3 is 24.8 Å². The first-order chi connectivity index (χ1) is 17.3. The lowest BCUT2D eigenvalue weighted by molar-refractivity contribution is 0.154. The molecule has 0 radical (unpaired) electrons. The van der Waals surface area contributed by atoms with E-state index in [1.807, 2.05) is 36.4 Å². The summed E-state index contributed by atoms with van der Waals surface area (Å²) in [5, 5.41) is 15.7. The molecule has 36 heavy (non-hydrogen) atoms. The number of rotatable bonds is 9. The number of thiophene rings is 1. The van der Waals surface area contributed by atoms with Crippen molar-refractivity contribution in [3.63, 3.8) is 0 Å². The highest BCUT2D eigenvalue weighted by Gasteiger charge is 2.17. The topological polar surface area (TPSA) is 96.8 Å². The Kier molecular flexibility index (Phi) is 7.40. The van der Waals surface area contributed by atoms with Crippen LogP contribution in [-0.2, 0) is 6.54 Å². The zero-order valence-electron chi connectivity index (χ0n) is 20.6. The highest BCUT2D eigenvalue weighted by molar-refractivity contribution is 7.10. The van der Waals surface area contributed by atoms with Crippen molar-refractivity contribution >= 4 is 40.2 Å². The normalized spacial score (nSPS) is 11.7. The van der Waals surface area contributed by atoms with Crippen LogP contribution < -0.4 is 14.8 Å². The van der Waals surface area contributed by atoms with E-state index >= 15 is 0 Å². The summed E-state index contributed by atoms with van der Waals surface area (Å²) in [5.74, 6) is 2.36. The van der Waals surface area contributed by atoms with E-state index in [1.165, 1.54) is 4.90 Å². The average Bonchev–Trinajstić information content (AvgIpc) is 3.38. The number of carboxylic acid groups (broad SMARTS) is 1. The maximum absolute atomic E-state index is 11.3. The number of anilines is 1. The summed E-state index contributed by atoms with van der Waals surface area (Å²) >= 11 is 1.63. The molecule has 186 valence electrons. The van der Waals surface area contributed by atoms with Crippen molar-refractivity contribution in [1.82, 2.24) is 14.9 Å². The quantitative estimate of drug-likeness (QED) is 0.276. The fraction of sp³-hybridized carbons (Fsp3) is 0.222. The molecule has 2 N–H and O–H groups in total. The average molecular weight is 505 g/mol. The van der Waals surface area contributed by atoms with Crippen molar-refractivity contribution in [3.05, 3.63) is 70.7 Å². The van der Waals surface area contributed by atoms with E-state index in [2.05, 4.69) is 40.2 Å². The predicted octanol–water partition coefficient (Wildman–Crippen LogP) is 6.30. The second-order valence-electron chi connectivity index (χ2n) is 8.26. The minimum atomic E-state index is -0.959. The number of benzene rings is 2. The fourth-order valence-corrected chi connectivity index (χ4v) is 4.85. The number of aromatic nitrogens is 2. The monoisotopic (exact) mass is 504 g/mol. The van der Waals surface area contributed by atoms with E-state index in [4.69, 9.17) is 9.47 Å². The van der Waals surface area contributed by atoms with Gasteiger partial charge in [0.05, 0.1) is 25.8 Å². The van der Waals surface area contributed by atoms with Gasteiger partial charge in [-0.05, 0) is 47.2 Å². The molecule has 1 atom stereocenters. The van der Waals surface area contributed by atoms with Gasteiger partial charge >= 0.3 is 6.09 Å². The summed E-state index contributed by atoms with van der Waals surface area (Å²) in [6.07, 6.45) is 0.652. The number of amides is 1. The lowest BCUT2D eigenvalue weighted by Gasteiger charge is -2.17. The molecule has 4 rings (SSSR count). The molecule has 1 unspecified atom stereocenters. The molecule has 0 aliphatic heterocycles. The minimum absolute atomic E-state index is 0.0542. The smallest absolute Gasteiger partial charge is 0.407 e. The predicted molar refractivity (Wildman–Crippen MR) is 144 cm³/mol. The van der Waals surface area contributed by atoms with Gasteiger partial charge in [-0.2, -0.15) is 0 Å².